The predicted octanol–water partition coefficient (Wildman–Crippen LogP) is 1.34. The van der Waals surface area contributed by atoms with Crippen LogP contribution >= 0.6 is 0 Å². The van der Waals surface area contributed by atoms with Gasteiger partial charge in [-0.1, -0.05) is 6.07 Å². The van der Waals surface area contributed by atoms with Crippen LogP contribution in [0.1, 0.15) is 37.8 Å². The number of likely N-dealkylation sites (tertiary alicyclic amines) is 1. The van der Waals surface area contributed by atoms with Crippen molar-refractivity contribution in [3.63, 3.8) is 0 Å². The third-order valence-corrected chi connectivity index (χ3v) is 4.87. The third-order valence-electron chi connectivity index (χ3n) is 4.87. The zero-order valence-electron chi connectivity index (χ0n) is 14.8. The lowest BCUT2D eigenvalue weighted by atomic mass is 9.96. The second-order valence-electron chi connectivity index (χ2n) is 6.65. The van der Waals surface area contributed by atoms with Gasteiger partial charge in [0.15, 0.2) is 0 Å². The first-order chi connectivity index (χ1) is 12.6. The molecule has 1 saturated heterocycles. The average molecular weight is 356 g/mol. The molecule has 0 aromatic carbocycles. The number of hydrogen-bond donors (Lipinski definition) is 1. The van der Waals surface area contributed by atoms with Gasteiger partial charge in [0.05, 0.1) is 0 Å². The van der Waals surface area contributed by atoms with E-state index < -0.39 is 11.2 Å². The summed E-state index contributed by atoms with van der Waals surface area (Å²) in [6, 6.07) is 7.41. The number of aromatic amines is 1. The van der Waals surface area contributed by atoms with E-state index in [0.717, 1.165) is 44.3 Å². The summed E-state index contributed by atoms with van der Waals surface area (Å²) >= 11 is 0. The summed E-state index contributed by atoms with van der Waals surface area (Å²) < 4.78 is 1.37. The SMILES string of the molecule is O=C(CCn1ccc(=O)[nH]c1=O)N1CCCCC1CCc1ccccn1. The lowest BCUT2D eigenvalue weighted by molar-refractivity contribution is -0.135. The average Bonchev–Trinajstić information content (AvgIpc) is 2.66. The lowest BCUT2D eigenvalue weighted by Crippen LogP contribution is -2.44. The number of H-pyrrole nitrogens is 1. The summed E-state index contributed by atoms with van der Waals surface area (Å²) in [7, 11) is 0. The Kier molecular flexibility index (Phi) is 5.99. The van der Waals surface area contributed by atoms with Crippen molar-refractivity contribution in [2.24, 2.45) is 0 Å². The Hall–Kier alpha value is -2.70. The van der Waals surface area contributed by atoms with Gasteiger partial charge < -0.3 is 9.47 Å². The highest BCUT2D eigenvalue weighted by Gasteiger charge is 2.26. The van der Waals surface area contributed by atoms with Gasteiger partial charge in [0.25, 0.3) is 5.56 Å². The minimum Gasteiger partial charge on any atom is -0.340 e. The van der Waals surface area contributed by atoms with Gasteiger partial charge in [-0.3, -0.25) is 19.6 Å². The molecule has 0 saturated carbocycles. The van der Waals surface area contributed by atoms with Gasteiger partial charge in [-0.25, -0.2) is 4.79 Å². The molecule has 0 radical (unpaired) electrons. The highest BCUT2D eigenvalue weighted by molar-refractivity contribution is 5.76. The van der Waals surface area contributed by atoms with Crippen molar-refractivity contribution in [3.05, 3.63) is 63.2 Å². The van der Waals surface area contributed by atoms with Crippen LogP contribution in [0.2, 0.25) is 0 Å². The van der Waals surface area contributed by atoms with Gasteiger partial charge in [0.1, 0.15) is 0 Å². The number of aryl methyl sites for hydroxylation is 2. The summed E-state index contributed by atoms with van der Waals surface area (Å²) in [6.45, 7) is 1.05. The second-order valence-corrected chi connectivity index (χ2v) is 6.65. The molecule has 26 heavy (non-hydrogen) atoms. The Morgan fingerprint density at radius 2 is 2.12 bits per heavy atom. The summed E-state index contributed by atoms with van der Waals surface area (Å²) in [5.74, 6) is 0.0637. The molecular weight excluding hydrogens is 332 g/mol. The van der Waals surface area contributed by atoms with Crippen molar-refractivity contribution >= 4 is 5.91 Å². The Labute approximate surface area is 151 Å². The van der Waals surface area contributed by atoms with Crippen LogP contribution in [0.25, 0.3) is 0 Å². The van der Waals surface area contributed by atoms with Gasteiger partial charge in [0.2, 0.25) is 5.91 Å². The van der Waals surface area contributed by atoms with Crippen LogP contribution in [0.4, 0.5) is 0 Å². The number of aromatic nitrogens is 3. The van der Waals surface area contributed by atoms with E-state index in [1.165, 1.54) is 16.8 Å². The fourth-order valence-electron chi connectivity index (χ4n) is 3.47. The molecule has 7 heteroatoms. The quantitative estimate of drug-likeness (QED) is 0.846. The van der Waals surface area contributed by atoms with Gasteiger partial charge in [-0.05, 0) is 44.2 Å². The summed E-state index contributed by atoms with van der Waals surface area (Å²) in [4.78, 5) is 44.1. The monoisotopic (exact) mass is 356 g/mol. The van der Waals surface area contributed by atoms with E-state index >= 15 is 0 Å². The number of hydrogen-bond acceptors (Lipinski definition) is 4. The van der Waals surface area contributed by atoms with Crippen molar-refractivity contribution < 1.29 is 4.79 Å². The maximum absolute atomic E-state index is 12.7. The van der Waals surface area contributed by atoms with Gasteiger partial charge in [-0.15, -0.1) is 0 Å². The van der Waals surface area contributed by atoms with Gasteiger partial charge in [0, 0.05) is 49.7 Å². The number of piperidine rings is 1. The lowest BCUT2D eigenvalue weighted by Gasteiger charge is -2.36. The zero-order valence-corrected chi connectivity index (χ0v) is 14.8. The number of nitrogens with one attached hydrogen (secondary N) is 1. The Bertz CT molecular complexity index is 844. The van der Waals surface area contributed by atoms with Crippen LogP contribution in [0, 0.1) is 0 Å². The Morgan fingerprint density at radius 1 is 1.23 bits per heavy atom. The molecule has 2 aromatic rings. The Balaban J connectivity index is 1.58. The molecule has 138 valence electrons. The molecule has 2 aromatic heterocycles. The minimum atomic E-state index is -0.476. The van der Waals surface area contributed by atoms with Crippen LogP contribution in [0.5, 0.6) is 0 Å². The van der Waals surface area contributed by atoms with E-state index in [1.54, 1.807) is 6.20 Å². The van der Waals surface area contributed by atoms with Crippen molar-refractivity contribution in [1.29, 1.82) is 0 Å². The van der Waals surface area contributed by atoms with E-state index in [1.807, 2.05) is 23.1 Å². The molecule has 1 unspecified atom stereocenters. The summed E-state index contributed by atoms with van der Waals surface area (Å²) in [6.07, 6.45) is 8.41. The number of carbonyl (C=O) groups excluding carboxylic acids is 1. The van der Waals surface area contributed by atoms with Crippen molar-refractivity contribution in [2.45, 2.75) is 51.1 Å². The van der Waals surface area contributed by atoms with E-state index in [4.69, 9.17) is 0 Å². The number of rotatable bonds is 6. The fourth-order valence-corrected chi connectivity index (χ4v) is 3.47. The molecule has 1 atom stereocenters. The zero-order chi connectivity index (χ0) is 18.4. The molecule has 1 aliphatic heterocycles. The number of carbonyl (C=O) groups is 1. The van der Waals surface area contributed by atoms with Crippen molar-refractivity contribution in [2.75, 3.05) is 6.54 Å². The molecule has 3 heterocycles. The number of nitrogens with zero attached hydrogens (tertiary/aromatic N) is 3. The topological polar surface area (TPSA) is 88.1 Å². The highest BCUT2D eigenvalue weighted by atomic mass is 16.2. The first-order valence-corrected chi connectivity index (χ1v) is 9.12. The molecule has 7 nitrogen and oxygen atoms in total. The Morgan fingerprint density at radius 3 is 2.88 bits per heavy atom. The molecule has 0 aliphatic carbocycles. The predicted molar refractivity (Wildman–Crippen MR) is 97.8 cm³/mol. The molecule has 3 rings (SSSR count). The smallest absolute Gasteiger partial charge is 0.328 e. The van der Waals surface area contributed by atoms with Gasteiger partial charge >= 0.3 is 5.69 Å². The number of pyridine rings is 1. The van der Waals surface area contributed by atoms with Crippen molar-refractivity contribution in [3.8, 4) is 0 Å². The summed E-state index contributed by atoms with van der Waals surface area (Å²) in [5.41, 5.74) is 0.143. The van der Waals surface area contributed by atoms with Crippen LogP contribution in [-0.4, -0.2) is 37.9 Å². The largest absolute Gasteiger partial charge is 0.340 e. The van der Waals surface area contributed by atoms with Crippen LogP contribution in [-0.2, 0) is 17.8 Å². The third kappa shape index (κ3) is 4.68. The molecular formula is C19H24N4O3. The van der Waals surface area contributed by atoms with Crippen LogP contribution < -0.4 is 11.2 Å². The number of amides is 1. The van der Waals surface area contributed by atoms with E-state index in [-0.39, 0.29) is 24.9 Å². The maximum Gasteiger partial charge on any atom is 0.328 e. The minimum absolute atomic E-state index is 0.0637. The van der Waals surface area contributed by atoms with E-state index in [9.17, 15) is 14.4 Å². The van der Waals surface area contributed by atoms with Crippen LogP contribution in [0.15, 0.2) is 46.2 Å². The van der Waals surface area contributed by atoms with Crippen molar-refractivity contribution in [1.82, 2.24) is 19.4 Å². The summed E-state index contributed by atoms with van der Waals surface area (Å²) in [5, 5.41) is 0. The standard InChI is InChI=1S/C19H24N4O3/c24-17-9-13-22(19(26)21-17)14-10-18(25)23-12-4-2-6-16(23)8-7-15-5-1-3-11-20-15/h1,3,5,9,11,13,16H,2,4,6-8,10,12,14H2,(H,21,24,26). The first-order valence-electron chi connectivity index (χ1n) is 9.12. The fraction of sp³-hybridized carbons (Fsp3) is 0.474. The normalized spacial score (nSPS) is 17.2. The molecule has 1 aliphatic rings. The first kappa shape index (κ1) is 18.1. The van der Waals surface area contributed by atoms with Gasteiger partial charge in [-0.2, -0.15) is 0 Å². The van der Waals surface area contributed by atoms with Crippen LogP contribution in [0.3, 0.4) is 0 Å². The molecule has 1 amide bonds. The molecule has 1 N–H and O–H groups in total. The molecule has 1 fully saturated rings. The van der Waals surface area contributed by atoms with E-state index in [2.05, 4.69) is 9.97 Å². The molecule has 0 spiro atoms. The van der Waals surface area contributed by atoms with E-state index in [0.29, 0.717) is 0 Å². The second kappa shape index (κ2) is 8.60. The maximum atomic E-state index is 12.7. The molecule has 0 bridgehead atoms. The highest BCUT2D eigenvalue weighted by Crippen LogP contribution is 2.22.